The molecule has 0 N–H and O–H groups in total. The van der Waals surface area contributed by atoms with Gasteiger partial charge in [0.05, 0.1) is 6.63 Å². The van der Waals surface area contributed by atoms with Crippen LogP contribution in [-0.2, 0) is 0 Å². The number of hydrogen-bond acceptors (Lipinski definition) is 0. The van der Waals surface area contributed by atoms with Gasteiger partial charge in [0.15, 0.2) is 0 Å². The Labute approximate surface area is 131 Å². The molecule has 0 bridgehead atoms. The lowest BCUT2D eigenvalue weighted by atomic mass is 9.96. The van der Waals surface area contributed by atoms with Crippen LogP contribution in [0.1, 0.15) is 32.1 Å². The zero-order chi connectivity index (χ0) is 15.8. The maximum absolute atomic E-state index is 3.04. The predicted octanol–water partition coefficient (Wildman–Crippen LogP) is 6.11. The Kier molecular flexibility index (Phi) is 5.61. The smallest absolute Gasteiger partial charge is 0.0597 e. The highest BCUT2D eigenvalue weighted by Crippen LogP contribution is 2.40. The van der Waals surface area contributed by atoms with Crippen LogP contribution in [-0.4, -0.2) is 29.4 Å². The molecule has 0 aromatic carbocycles. The van der Waals surface area contributed by atoms with Gasteiger partial charge in [0.25, 0.3) is 0 Å². The van der Waals surface area contributed by atoms with Gasteiger partial charge in [-0.2, -0.15) is 0 Å². The Balaban J connectivity index is 3.46. The summed E-state index contributed by atoms with van der Waals surface area (Å²) >= 11 is 0. The summed E-state index contributed by atoms with van der Waals surface area (Å²) in [6, 6.07) is 0. The Bertz CT molecular complexity index is 319. The quantitative estimate of drug-likeness (QED) is 0.540. The van der Waals surface area contributed by atoms with Crippen LogP contribution < -0.4 is 0 Å². The molecule has 0 aromatic heterocycles. The topological polar surface area (TPSA) is 0 Å². The molecule has 0 atom stereocenters. The van der Waals surface area contributed by atoms with Crippen LogP contribution in [0.4, 0.5) is 0 Å². The number of hydrogen-bond donors (Lipinski definition) is 0. The van der Waals surface area contributed by atoms with Crippen LogP contribution in [0.5, 0.6) is 0 Å². The Hall–Kier alpha value is 0.608. The van der Waals surface area contributed by atoms with E-state index in [-0.39, 0.29) is 0 Å². The summed E-state index contributed by atoms with van der Waals surface area (Å²) in [7, 11) is -3.32. The van der Waals surface area contributed by atoms with Crippen molar-refractivity contribution in [3.8, 4) is 0 Å². The van der Waals surface area contributed by atoms with Gasteiger partial charge >= 0.3 is 0 Å². The fourth-order valence-corrected chi connectivity index (χ4v) is 101. The van der Waals surface area contributed by atoms with Crippen molar-refractivity contribution in [2.45, 2.75) is 91.0 Å². The molecule has 1 rings (SSSR count). The van der Waals surface area contributed by atoms with Crippen molar-refractivity contribution in [2.24, 2.45) is 0 Å². The largest absolute Gasteiger partial charge is 0.102 e. The molecule has 0 saturated heterocycles. The van der Waals surface area contributed by atoms with Crippen molar-refractivity contribution in [3.05, 3.63) is 11.3 Å². The third-order valence-corrected chi connectivity index (χ3v) is 76.5. The molecule has 1 saturated carbocycles. The molecule has 0 heterocycles. The molecule has 0 nitrogen and oxygen atoms in total. The summed E-state index contributed by atoms with van der Waals surface area (Å²) in [6.45, 7) is 23.1. The zero-order valence-electron chi connectivity index (χ0n) is 15.6. The van der Waals surface area contributed by atoms with Gasteiger partial charge in [0.2, 0.25) is 0 Å². The van der Waals surface area contributed by atoms with E-state index in [2.05, 4.69) is 64.6 Å². The second-order valence-corrected chi connectivity index (χ2v) is 50.4. The van der Waals surface area contributed by atoms with E-state index >= 15 is 0 Å². The van der Waals surface area contributed by atoms with Gasteiger partial charge in [0, 0.05) is 22.8 Å². The van der Waals surface area contributed by atoms with E-state index in [1.807, 2.05) is 5.57 Å². The lowest BCUT2D eigenvalue weighted by molar-refractivity contribution is 0.600. The lowest BCUT2D eigenvalue weighted by Crippen LogP contribution is -2.82. The van der Waals surface area contributed by atoms with Gasteiger partial charge in [-0.25, -0.2) is 0 Å². The molecule has 0 aromatic rings. The van der Waals surface area contributed by atoms with Gasteiger partial charge in [-0.05, 0) is 25.7 Å². The van der Waals surface area contributed by atoms with Gasteiger partial charge in [-0.1, -0.05) is 70.9 Å². The molecular formula is C16H38Si4. The molecule has 0 amide bonds. The second-order valence-electron chi connectivity index (χ2n) is 9.92. The van der Waals surface area contributed by atoms with E-state index in [0.29, 0.717) is 0 Å². The average Bonchev–Trinajstić information content (AvgIpc) is 2.22. The monoisotopic (exact) mass is 342 g/mol. The molecule has 1 fully saturated rings. The molecule has 4 heteroatoms. The first-order chi connectivity index (χ1) is 8.83. The predicted molar refractivity (Wildman–Crippen MR) is 107 cm³/mol. The summed E-state index contributed by atoms with van der Waals surface area (Å²) in [6.07, 6.45) is 7.24. The van der Waals surface area contributed by atoms with Crippen LogP contribution in [0.25, 0.3) is 0 Å². The highest BCUT2D eigenvalue weighted by atomic mass is 29.9. The van der Waals surface area contributed by atoms with Crippen molar-refractivity contribution in [1.29, 1.82) is 0 Å². The normalized spacial score (nSPS) is 19.1. The van der Waals surface area contributed by atoms with Crippen LogP contribution in [0.2, 0.25) is 58.9 Å². The van der Waals surface area contributed by atoms with Crippen LogP contribution >= 0.6 is 0 Å². The molecule has 0 aliphatic heterocycles. The average molecular weight is 343 g/mol. The van der Waals surface area contributed by atoms with E-state index in [1.54, 1.807) is 0 Å². The van der Waals surface area contributed by atoms with E-state index in [4.69, 9.17) is 0 Å². The van der Waals surface area contributed by atoms with Crippen LogP contribution in [0.15, 0.2) is 11.3 Å². The first kappa shape index (κ1) is 18.7. The van der Waals surface area contributed by atoms with Crippen molar-refractivity contribution in [3.63, 3.8) is 0 Å². The van der Waals surface area contributed by atoms with E-state index in [1.165, 1.54) is 32.1 Å². The summed E-state index contributed by atoms with van der Waals surface area (Å²) in [5.41, 5.74) is 4.92. The molecular weight excluding hydrogens is 305 g/mol. The molecule has 20 heavy (non-hydrogen) atoms. The van der Waals surface area contributed by atoms with Crippen molar-refractivity contribution in [1.82, 2.24) is 0 Å². The summed E-state index contributed by atoms with van der Waals surface area (Å²) in [5.74, 6) is 0. The molecule has 0 radical (unpaired) electrons. The maximum atomic E-state index is 3.04. The molecule has 1 aliphatic carbocycles. The van der Waals surface area contributed by atoms with Gasteiger partial charge < -0.3 is 0 Å². The summed E-state index contributed by atoms with van der Waals surface area (Å²) in [4.78, 5) is 0. The highest BCUT2D eigenvalue weighted by Gasteiger charge is 2.60. The Morgan fingerprint density at radius 3 is 1.25 bits per heavy atom. The maximum Gasteiger partial charge on any atom is 0.0597 e. The SMILES string of the molecule is C[Si](C)(C)[Si](C=C1CCCCC1)([Si](C)(C)C)[Si](C)(C)C. The number of allylic oxidation sites excluding steroid dienone is 1. The minimum atomic E-state index is -1.23. The van der Waals surface area contributed by atoms with Crippen LogP contribution in [0.3, 0.4) is 0 Å². The summed E-state index contributed by atoms with van der Waals surface area (Å²) in [5, 5.41) is 0. The van der Waals surface area contributed by atoms with E-state index in [9.17, 15) is 0 Å². The van der Waals surface area contributed by atoms with E-state index in [0.717, 1.165) is 0 Å². The summed E-state index contributed by atoms with van der Waals surface area (Å²) < 4.78 is 0. The third-order valence-electron chi connectivity index (χ3n) is 5.47. The minimum Gasteiger partial charge on any atom is -0.102 e. The molecule has 118 valence electrons. The number of rotatable bonds is 4. The zero-order valence-corrected chi connectivity index (χ0v) is 19.6. The first-order valence-corrected chi connectivity index (χ1v) is 24.1. The van der Waals surface area contributed by atoms with Gasteiger partial charge in [0.1, 0.15) is 0 Å². The van der Waals surface area contributed by atoms with Crippen molar-refractivity contribution in [2.75, 3.05) is 0 Å². The standard InChI is InChI=1S/C16H38Si4/c1-17(2,3)20(18(4,5)6,19(7,8)9)15-16-13-11-10-12-14-16/h15H,10-14H2,1-9H3. The first-order valence-electron chi connectivity index (χ1n) is 8.53. The third kappa shape index (κ3) is 3.50. The molecule has 1 aliphatic rings. The Morgan fingerprint density at radius 1 is 0.600 bits per heavy atom. The van der Waals surface area contributed by atoms with Gasteiger partial charge in [-0.3, -0.25) is 0 Å². The lowest BCUT2D eigenvalue weighted by Gasteiger charge is -2.56. The fraction of sp³-hybridized carbons (Fsp3) is 0.875. The fourth-order valence-electron chi connectivity index (χ4n) is 5.48. The molecule has 0 unspecified atom stereocenters. The minimum absolute atomic E-state index is 1.11. The van der Waals surface area contributed by atoms with Crippen molar-refractivity contribution >= 4 is 29.4 Å². The molecule has 0 spiro atoms. The van der Waals surface area contributed by atoms with Crippen LogP contribution in [0, 0.1) is 0 Å². The van der Waals surface area contributed by atoms with Crippen molar-refractivity contribution < 1.29 is 0 Å². The second kappa shape index (κ2) is 6.01. The highest BCUT2D eigenvalue weighted by molar-refractivity contribution is 7.90. The van der Waals surface area contributed by atoms with Gasteiger partial charge in [-0.15, -0.1) is 5.70 Å². The Morgan fingerprint density at radius 2 is 0.950 bits per heavy atom. The van der Waals surface area contributed by atoms with E-state index < -0.39 is 29.4 Å².